The molecule has 0 aromatic heterocycles. The first-order valence-electron chi connectivity index (χ1n) is 3.78. The predicted octanol–water partition coefficient (Wildman–Crippen LogP) is 0.571. The molecule has 0 saturated heterocycles. The number of urea groups is 1. The Hall–Kier alpha value is -0.810. The van der Waals surface area contributed by atoms with Crippen molar-refractivity contribution in [2.45, 2.75) is 18.3 Å². The summed E-state index contributed by atoms with van der Waals surface area (Å²) in [4.78, 5) is 21.1. The van der Waals surface area contributed by atoms with E-state index >= 15 is 0 Å². The van der Waals surface area contributed by atoms with Crippen molar-refractivity contribution >= 4 is 23.6 Å². The number of carboxylic acid groups (broad SMARTS) is 1. The van der Waals surface area contributed by atoms with Crippen LogP contribution in [0.25, 0.3) is 0 Å². The van der Waals surface area contributed by atoms with E-state index in [4.69, 9.17) is 22.4 Å². The molecular formula is C7H14ClN2O3+. The van der Waals surface area contributed by atoms with Crippen LogP contribution >= 0.6 is 11.6 Å². The first-order valence-corrected chi connectivity index (χ1v) is 4.21. The zero-order valence-electron chi connectivity index (χ0n) is 7.66. The summed E-state index contributed by atoms with van der Waals surface area (Å²) in [5.41, 5.74) is 4.48. The van der Waals surface area contributed by atoms with Gasteiger partial charge in [0.25, 0.3) is 0 Å². The molecule has 0 aromatic rings. The molecule has 1 unspecified atom stereocenters. The van der Waals surface area contributed by atoms with Gasteiger partial charge in [0.1, 0.15) is 0 Å². The first kappa shape index (κ1) is 12.2. The zero-order valence-corrected chi connectivity index (χ0v) is 8.41. The average molecular weight is 210 g/mol. The highest BCUT2D eigenvalue weighted by atomic mass is 35.5. The number of halogens is 1. The Morgan fingerprint density at radius 3 is 2.31 bits per heavy atom. The standard InChI is InChI=1S/C7H13ClN2O3/c1-10(2,7(9)13)5(8)3-4-6(11)12/h5H,3-4H2,1-2H3,(H2-,9,11,12,13)/p+1. The minimum atomic E-state index is -0.935. The van der Waals surface area contributed by atoms with Gasteiger partial charge in [-0.15, -0.1) is 0 Å². The minimum absolute atomic E-state index is 0.0663. The van der Waals surface area contributed by atoms with Gasteiger partial charge in [-0.1, -0.05) is 11.6 Å². The number of primary amides is 1. The van der Waals surface area contributed by atoms with E-state index < -0.39 is 17.5 Å². The molecule has 0 saturated carbocycles. The van der Waals surface area contributed by atoms with E-state index in [1.54, 1.807) is 14.1 Å². The van der Waals surface area contributed by atoms with Crippen LogP contribution in [0, 0.1) is 0 Å². The van der Waals surface area contributed by atoms with E-state index in [0.717, 1.165) is 0 Å². The van der Waals surface area contributed by atoms with Gasteiger partial charge in [0.15, 0.2) is 5.50 Å². The zero-order chi connectivity index (χ0) is 10.6. The summed E-state index contributed by atoms with van der Waals surface area (Å²) in [6, 6.07) is -0.578. The van der Waals surface area contributed by atoms with Crippen LogP contribution in [-0.4, -0.2) is 41.2 Å². The number of carboxylic acids is 1. The van der Waals surface area contributed by atoms with Crippen molar-refractivity contribution in [2.24, 2.45) is 5.73 Å². The Kier molecular flexibility index (Phi) is 4.16. The van der Waals surface area contributed by atoms with Crippen LogP contribution in [0.4, 0.5) is 4.79 Å². The summed E-state index contributed by atoms with van der Waals surface area (Å²) in [5.74, 6) is -0.935. The van der Waals surface area contributed by atoms with Gasteiger partial charge in [-0.2, -0.15) is 0 Å². The molecule has 0 spiro atoms. The van der Waals surface area contributed by atoms with E-state index in [9.17, 15) is 9.59 Å². The topological polar surface area (TPSA) is 80.4 Å². The smallest absolute Gasteiger partial charge is 0.414 e. The van der Waals surface area contributed by atoms with Crippen LogP contribution in [0.3, 0.4) is 0 Å². The SMILES string of the molecule is C[N+](C)(C(N)=O)C(Cl)CCC(=O)O. The molecule has 0 aliphatic heterocycles. The Labute approximate surface area is 81.7 Å². The second-order valence-corrected chi connectivity index (χ2v) is 3.75. The van der Waals surface area contributed by atoms with Gasteiger partial charge >= 0.3 is 12.0 Å². The minimum Gasteiger partial charge on any atom is -0.481 e. The Morgan fingerprint density at radius 1 is 1.54 bits per heavy atom. The summed E-state index contributed by atoms with van der Waals surface area (Å²) in [7, 11) is 3.09. The number of rotatable bonds is 4. The molecule has 0 bridgehead atoms. The van der Waals surface area contributed by atoms with Gasteiger partial charge in [0.2, 0.25) is 0 Å². The lowest BCUT2D eigenvalue weighted by atomic mass is 10.3. The fourth-order valence-corrected chi connectivity index (χ4v) is 0.909. The molecule has 2 amide bonds. The monoisotopic (exact) mass is 209 g/mol. The largest absolute Gasteiger partial charge is 0.481 e. The lowest BCUT2D eigenvalue weighted by molar-refractivity contribution is -0.821. The van der Waals surface area contributed by atoms with Crippen molar-refractivity contribution in [1.29, 1.82) is 0 Å². The number of amides is 2. The molecular weight excluding hydrogens is 196 g/mol. The predicted molar refractivity (Wildman–Crippen MR) is 48.2 cm³/mol. The molecule has 0 aliphatic rings. The van der Waals surface area contributed by atoms with Gasteiger partial charge in [-0.3, -0.25) is 4.79 Å². The highest BCUT2D eigenvalue weighted by molar-refractivity contribution is 6.20. The summed E-state index contributed by atoms with van der Waals surface area (Å²) >= 11 is 5.82. The number of aliphatic carboxylic acids is 1. The number of carbonyl (C=O) groups excluding carboxylic acids is 1. The van der Waals surface area contributed by atoms with Crippen LogP contribution in [0.5, 0.6) is 0 Å². The van der Waals surface area contributed by atoms with Crippen molar-refractivity contribution in [3.8, 4) is 0 Å². The number of quaternary nitrogens is 1. The van der Waals surface area contributed by atoms with Crippen molar-refractivity contribution in [1.82, 2.24) is 0 Å². The average Bonchev–Trinajstić information content (AvgIpc) is 1.99. The number of alkyl halides is 1. The molecule has 0 fully saturated rings. The molecule has 0 aliphatic carbocycles. The van der Waals surface area contributed by atoms with Gasteiger partial charge in [0, 0.05) is 6.42 Å². The number of nitrogens with zero attached hydrogens (tertiary/aromatic N) is 1. The first-order chi connectivity index (χ1) is 5.78. The van der Waals surface area contributed by atoms with Gasteiger partial charge in [-0.25, -0.2) is 9.28 Å². The third kappa shape index (κ3) is 3.61. The number of nitrogens with two attached hydrogens (primary N) is 1. The van der Waals surface area contributed by atoms with Crippen molar-refractivity contribution in [3.63, 3.8) is 0 Å². The van der Waals surface area contributed by atoms with Crippen LogP contribution in [0.15, 0.2) is 0 Å². The third-order valence-corrected chi connectivity index (χ3v) is 2.57. The molecule has 1 atom stereocenters. The van der Waals surface area contributed by atoms with E-state index in [2.05, 4.69) is 0 Å². The highest BCUT2D eigenvalue weighted by Crippen LogP contribution is 2.16. The molecule has 6 heteroatoms. The van der Waals surface area contributed by atoms with Crippen LogP contribution in [0.2, 0.25) is 0 Å². The van der Waals surface area contributed by atoms with Crippen molar-refractivity contribution < 1.29 is 19.2 Å². The lowest BCUT2D eigenvalue weighted by Gasteiger charge is -2.28. The number of hydrogen-bond acceptors (Lipinski definition) is 2. The van der Waals surface area contributed by atoms with Gasteiger partial charge in [-0.05, 0) is 0 Å². The molecule has 0 aromatic carbocycles. The van der Waals surface area contributed by atoms with Gasteiger partial charge < -0.3 is 10.8 Å². The summed E-state index contributed by atoms with van der Waals surface area (Å²) in [6.45, 7) is 0. The number of hydrogen-bond donors (Lipinski definition) is 2. The highest BCUT2D eigenvalue weighted by Gasteiger charge is 2.32. The Balaban J connectivity index is 4.17. The second-order valence-electron chi connectivity index (χ2n) is 3.25. The van der Waals surface area contributed by atoms with Crippen LogP contribution in [0.1, 0.15) is 12.8 Å². The third-order valence-electron chi connectivity index (χ3n) is 1.86. The second kappa shape index (κ2) is 4.43. The normalized spacial score (nSPS) is 13.8. The fraction of sp³-hybridized carbons (Fsp3) is 0.714. The lowest BCUT2D eigenvalue weighted by Crippen LogP contribution is -2.53. The molecule has 76 valence electrons. The van der Waals surface area contributed by atoms with E-state index in [-0.39, 0.29) is 17.3 Å². The summed E-state index contributed by atoms with van der Waals surface area (Å²) in [5, 5.41) is 8.38. The summed E-state index contributed by atoms with van der Waals surface area (Å²) < 4.78 is -0.213. The van der Waals surface area contributed by atoms with E-state index in [1.807, 2.05) is 0 Å². The molecule has 13 heavy (non-hydrogen) atoms. The molecule has 0 heterocycles. The molecule has 0 radical (unpaired) electrons. The number of carbonyl (C=O) groups is 2. The van der Waals surface area contributed by atoms with Crippen LogP contribution in [-0.2, 0) is 4.79 Å². The Morgan fingerprint density at radius 2 is 2.00 bits per heavy atom. The maximum atomic E-state index is 10.9. The van der Waals surface area contributed by atoms with E-state index in [0.29, 0.717) is 0 Å². The fourth-order valence-electron chi connectivity index (χ4n) is 0.703. The van der Waals surface area contributed by atoms with Crippen molar-refractivity contribution in [3.05, 3.63) is 0 Å². The maximum Gasteiger partial charge on any atom is 0.414 e. The summed E-state index contributed by atoms with van der Waals surface area (Å²) in [6.07, 6.45) is 0.149. The van der Waals surface area contributed by atoms with Crippen LogP contribution < -0.4 is 5.73 Å². The maximum absolute atomic E-state index is 10.9. The Bertz CT molecular complexity index is 218. The van der Waals surface area contributed by atoms with Gasteiger partial charge in [0.05, 0.1) is 20.5 Å². The molecule has 5 nitrogen and oxygen atoms in total. The molecule has 3 N–H and O–H groups in total. The van der Waals surface area contributed by atoms with Crippen molar-refractivity contribution in [2.75, 3.05) is 14.1 Å². The van der Waals surface area contributed by atoms with E-state index in [1.165, 1.54) is 0 Å². The molecule has 0 rings (SSSR count). The quantitative estimate of drug-likeness (QED) is 0.404.